The van der Waals surface area contributed by atoms with Gasteiger partial charge in [-0.3, -0.25) is 0 Å². The Labute approximate surface area is 133 Å². The molecule has 0 aliphatic rings. The molecule has 0 saturated heterocycles. The Morgan fingerprint density at radius 3 is 1.91 bits per heavy atom. The first-order valence-electron chi connectivity index (χ1n) is 8.28. The third-order valence-corrected chi connectivity index (χ3v) is 3.42. The number of unbranched alkanes of at least 4 members (excludes halogenated alkanes) is 9. The number of aliphatic carboxylic acids is 1. The second kappa shape index (κ2) is 14.2. The summed E-state index contributed by atoms with van der Waals surface area (Å²) >= 11 is 0. The maximum atomic E-state index is 10.4. The number of rotatable bonds is 13. The van der Waals surface area contributed by atoms with Crippen LogP contribution >= 0.6 is 0 Å². The molecule has 126 valence electrons. The van der Waals surface area contributed by atoms with Gasteiger partial charge in [0.05, 0.1) is 0 Å². The van der Waals surface area contributed by atoms with Crippen LogP contribution in [0.25, 0.3) is 0 Å². The van der Waals surface area contributed by atoms with E-state index in [1.165, 1.54) is 57.4 Å². The van der Waals surface area contributed by atoms with Crippen LogP contribution in [0.5, 0.6) is 0 Å². The van der Waals surface area contributed by atoms with Gasteiger partial charge in [0, 0.05) is 0 Å². The summed E-state index contributed by atoms with van der Waals surface area (Å²) in [6, 6.07) is 0. The zero-order valence-corrected chi connectivity index (χ0v) is 13.6. The molecule has 0 atom stereocenters. The fourth-order valence-electron chi connectivity index (χ4n) is 2.08. The number of aliphatic hydroxyl groups excluding tert-OH is 2. The molecule has 3 N–H and O–H groups in total. The van der Waals surface area contributed by atoms with Gasteiger partial charge in [-0.05, 0) is 18.9 Å². The summed E-state index contributed by atoms with van der Waals surface area (Å²) < 4.78 is 0. The van der Waals surface area contributed by atoms with Crippen molar-refractivity contribution in [3.63, 3.8) is 0 Å². The van der Waals surface area contributed by atoms with E-state index in [0.29, 0.717) is 0 Å². The summed E-state index contributed by atoms with van der Waals surface area (Å²) in [5.41, 5.74) is 0. The summed E-state index contributed by atoms with van der Waals surface area (Å²) in [5.74, 6) is -3.22. The first-order chi connectivity index (χ1) is 10.6. The summed E-state index contributed by atoms with van der Waals surface area (Å²) in [4.78, 5) is 10.4. The molecule has 0 radical (unpaired) electrons. The predicted octanol–water partition coefficient (Wildman–Crippen LogP) is 5.43. The van der Waals surface area contributed by atoms with Crippen molar-refractivity contribution in [3.8, 4) is 0 Å². The van der Waals surface area contributed by atoms with Crippen LogP contribution in [0.3, 0.4) is 0 Å². The minimum absolute atomic E-state index is 0.639. The highest BCUT2D eigenvalue weighted by atomic mass is 16.4. The highest BCUT2D eigenvalue weighted by molar-refractivity contribution is 5.84. The molecular formula is C18H30O4. The SMILES string of the molecule is CCCCCCCCCCCC=CC=CC(O)=C(O)C(=O)O. The fraction of sp³-hybridized carbons (Fsp3) is 0.611. The lowest BCUT2D eigenvalue weighted by Crippen LogP contribution is -2.02. The molecule has 0 aliphatic heterocycles. The van der Waals surface area contributed by atoms with Crippen LogP contribution in [-0.4, -0.2) is 21.3 Å². The molecule has 0 aromatic carbocycles. The Morgan fingerprint density at radius 2 is 1.36 bits per heavy atom. The van der Waals surface area contributed by atoms with Crippen molar-refractivity contribution in [2.45, 2.75) is 71.1 Å². The lowest BCUT2D eigenvalue weighted by Gasteiger charge is -2.00. The van der Waals surface area contributed by atoms with E-state index in [2.05, 4.69) is 6.92 Å². The number of hydrogen-bond donors (Lipinski definition) is 3. The molecule has 4 heteroatoms. The molecule has 0 heterocycles. The van der Waals surface area contributed by atoms with E-state index in [4.69, 9.17) is 10.2 Å². The molecule has 0 fully saturated rings. The third kappa shape index (κ3) is 12.1. The maximum absolute atomic E-state index is 10.4. The maximum Gasteiger partial charge on any atom is 0.374 e. The largest absolute Gasteiger partial charge is 0.504 e. The lowest BCUT2D eigenvalue weighted by atomic mass is 10.1. The van der Waals surface area contributed by atoms with Crippen LogP contribution < -0.4 is 0 Å². The number of carbonyl (C=O) groups is 1. The zero-order valence-electron chi connectivity index (χ0n) is 13.6. The van der Waals surface area contributed by atoms with Gasteiger partial charge in [-0.25, -0.2) is 4.79 Å². The molecule has 0 amide bonds. The topological polar surface area (TPSA) is 77.8 Å². The van der Waals surface area contributed by atoms with Crippen molar-refractivity contribution in [3.05, 3.63) is 35.8 Å². The molecule has 0 bridgehead atoms. The monoisotopic (exact) mass is 310 g/mol. The van der Waals surface area contributed by atoms with Gasteiger partial charge in [0.1, 0.15) is 0 Å². The second-order valence-corrected chi connectivity index (χ2v) is 5.44. The van der Waals surface area contributed by atoms with E-state index < -0.39 is 17.5 Å². The Bertz CT molecular complexity index is 381. The Morgan fingerprint density at radius 1 is 0.818 bits per heavy atom. The highest BCUT2D eigenvalue weighted by Crippen LogP contribution is 2.10. The van der Waals surface area contributed by atoms with Gasteiger partial charge in [0.15, 0.2) is 5.76 Å². The normalized spacial score (nSPS) is 13.0. The summed E-state index contributed by atoms with van der Waals surface area (Å²) in [6.07, 6.45) is 19.1. The van der Waals surface area contributed by atoms with Gasteiger partial charge < -0.3 is 15.3 Å². The van der Waals surface area contributed by atoms with Gasteiger partial charge in [-0.1, -0.05) is 76.5 Å². The number of hydrogen-bond acceptors (Lipinski definition) is 3. The fourth-order valence-corrected chi connectivity index (χ4v) is 2.08. The minimum atomic E-state index is -1.54. The van der Waals surface area contributed by atoms with Crippen LogP contribution in [0, 0.1) is 0 Å². The first kappa shape index (κ1) is 20.3. The number of aliphatic hydroxyl groups is 2. The van der Waals surface area contributed by atoms with Gasteiger partial charge in [0.2, 0.25) is 5.76 Å². The standard InChI is InChI=1S/C18H30O4/c1-2-3-4-5-6-7-8-9-10-11-12-13-14-15-16(19)17(20)18(21)22/h12-15,19-20H,2-11H2,1H3,(H,21,22). The van der Waals surface area contributed by atoms with E-state index in [9.17, 15) is 9.90 Å². The molecule has 0 spiro atoms. The summed E-state index contributed by atoms with van der Waals surface area (Å²) in [7, 11) is 0. The summed E-state index contributed by atoms with van der Waals surface area (Å²) in [5, 5.41) is 26.6. The van der Waals surface area contributed by atoms with E-state index in [0.717, 1.165) is 18.9 Å². The zero-order chi connectivity index (χ0) is 16.6. The summed E-state index contributed by atoms with van der Waals surface area (Å²) in [6.45, 7) is 2.23. The third-order valence-electron chi connectivity index (χ3n) is 3.42. The average Bonchev–Trinajstić information content (AvgIpc) is 2.50. The van der Waals surface area contributed by atoms with Crippen molar-refractivity contribution in [2.24, 2.45) is 0 Å². The van der Waals surface area contributed by atoms with Crippen molar-refractivity contribution in [1.82, 2.24) is 0 Å². The molecule has 0 unspecified atom stereocenters. The smallest absolute Gasteiger partial charge is 0.374 e. The van der Waals surface area contributed by atoms with Crippen LogP contribution in [0.2, 0.25) is 0 Å². The van der Waals surface area contributed by atoms with Gasteiger partial charge in [-0.2, -0.15) is 0 Å². The second-order valence-electron chi connectivity index (χ2n) is 5.44. The van der Waals surface area contributed by atoms with Gasteiger partial charge >= 0.3 is 5.97 Å². The van der Waals surface area contributed by atoms with Crippen molar-refractivity contribution < 1.29 is 20.1 Å². The molecule has 4 nitrogen and oxygen atoms in total. The molecule has 22 heavy (non-hydrogen) atoms. The Balaban J connectivity index is 3.56. The highest BCUT2D eigenvalue weighted by Gasteiger charge is 2.08. The van der Waals surface area contributed by atoms with Gasteiger partial charge in [-0.15, -0.1) is 0 Å². The quantitative estimate of drug-likeness (QED) is 0.183. The lowest BCUT2D eigenvalue weighted by molar-refractivity contribution is -0.135. The molecule has 0 aliphatic carbocycles. The minimum Gasteiger partial charge on any atom is -0.504 e. The van der Waals surface area contributed by atoms with E-state index in [1.807, 2.05) is 6.08 Å². The first-order valence-corrected chi connectivity index (χ1v) is 8.28. The van der Waals surface area contributed by atoms with E-state index in [1.54, 1.807) is 6.08 Å². The number of allylic oxidation sites excluding steroid dienone is 4. The van der Waals surface area contributed by atoms with Crippen LogP contribution in [0.1, 0.15) is 71.1 Å². The molecule has 0 saturated carbocycles. The van der Waals surface area contributed by atoms with Crippen LogP contribution in [-0.2, 0) is 4.79 Å². The molecular weight excluding hydrogens is 280 g/mol. The number of carboxylic acid groups (broad SMARTS) is 1. The van der Waals surface area contributed by atoms with Gasteiger partial charge in [0.25, 0.3) is 0 Å². The van der Waals surface area contributed by atoms with Crippen molar-refractivity contribution >= 4 is 5.97 Å². The molecule has 0 aromatic heterocycles. The molecule has 0 aromatic rings. The average molecular weight is 310 g/mol. The Kier molecular flexibility index (Phi) is 13.1. The van der Waals surface area contributed by atoms with E-state index in [-0.39, 0.29) is 0 Å². The molecule has 0 rings (SSSR count). The van der Waals surface area contributed by atoms with Crippen molar-refractivity contribution in [1.29, 1.82) is 0 Å². The van der Waals surface area contributed by atoms with E-state index >= 15 is 0 Å². The predicted molar refractivity (Wildman–Crippen MR) is 90.0 cm³/mol. The van der Waals surface area contributed by atoms with Crippen LogP contribution in [0.15, 0.2) is 35.8 Å². The number of carboxylic acids is 1. The Hall–Kier alpha value is -1.71. The van der Waals surface area contributed by atoms with Crippen molar-refractivity contribution in [2.75, 3.05) is 0 Å². The van der Waals surface area contributed by atoms with Crippen LogP contribution in [0.4, 0.5) is 0 Å².